The second-order valence-corrected chi connectivity index (χ2v) is 7.31. The van der Waals surface area contributed by atoms with Crippen molar-refractivity contribution < 1.29 is 0 Å². The fraction of sp³-hybridized carbons (Fsp3) is 0.312. The van der Waals surface area contributed by atoms with Crippen LogP contribution < -0.4 is 5.32 Å². The Labute approximate surface area is 132 Å². The van der Waals surface area contributed by atoms with Gasteiger partial charge in [-0.3, -0.25) is 4.40 Å². The average Bonchev–Trinajstić information content (AvgIpc) is 3.18. The maximum absolute atomic E-state index is 4.72. The number of rotatable bonds is 4. The van der Waals surface area contributed by atoms with Gasteiger partial charge in [-0.15, -0.1) is 23.1 Å². The van der Waals surface area contributed by atoms with Crippen LogP contribution in [0.1, 0.15) is 17.2 Å². The molecule has 0 amide bonds. The maximum Gasteiger partial charge on any atom is 0.193 e. The number of thiazole rings is 1. The van der Waals surface area contributed by atoms with Gasteiger partial charge in [0.1, 0.15) is 0 Å². The SMILES string of the molecule is CNC(Cc1cn2ccsc2n1)C1CSc2ccccc21. The molecule has 1 aromatic carbocycles. The molecule has 0 saturated heterocycles. The van der Waals surface area contributed by atoms with Crippen LogP contribution in [0.15, 0.2) is 46.9 Å². The number of likely N-dealkylation sites (N-methyl/N-ethyl adjacent to an activating group) is 1. The first-order valence-corrected chi connectivity index (χ1v) is 9.02. The van der Waals surface area contributed by atoms with Crippen LogP contribution in [0.2, 0.25) is 0 Å². The lowest BCUT2D eigenvalue weighted by Crippen LogP contribution is -2.34. The summed E-state index contributed by atoms with van der Waals surface area (Å²) < 4.78 is 2.12. The van der Waals surface area contributed by atoms with Crippen molar-refractivity contribution in [2.24, 2.45) is 0 Å². The molecule has 0 aliphatic carbocycles. The summed E-state index contributed by atoms with van der Waals surface area (Å²) in [6.45, 7) is 0. The lowest BCUT2D eigenvalue weighted by atomic mass is 9.90. The zero-order valence-electron chi connectivity index (χ0n) is 11.8. The molecule has 1 aliphatic rings. The second kappa shape index (κ2) is 5.48. The predicted octanol–water partition coefficient (Wildman–Crippen LogP) is 3.42. The van der Waals surface area contributed by atoms with E-state index in [-0.39, 0.29) is 0 Å². The minimum absolute atomic E-state index is 0.436. The molecule has 0 fully saturated rings. The van der Waals surface area contributed by atoms with E-state index in [9.17, 15) is 0 Å². The molecule has 3 aromatic rings. The van der Waals surface area contributed by atoms with E-state index in [1.165, 1.54) is 16.2 Å². The largest absolute Gasteiger partial charge is 0.316 e. The van der Waals surface area contributed by atoms with E-state index in [1.807, 2.05) is 11.8 Å². The molecule has 0 saturated carbocycles. The maximum atomic E-state index is 4.72. The Balaban J connectivity index is 1.59. The van der Waals surface area contributed by atoms with Gasteiger partial charge in [-0.25, -0.2) is 4.98 Å². The molecule has 0 radical (unpaired) electrons. The highest BCUT2D eigenvalue weighted by Gasteiger charge is 2.29. The summed E-state index contributed by atoms with van der Waals surface area (Å²) in [5.41, 5.74) is 2.67. The van der Waals surface area contributed by atoms with E-state index < -0.39 is 0 Å². The van der Waals surface area contributed by atoms with Gasteiger partial charge < -0.3 is 5.32 Å². The molecule has 1 N–H and O–H groups in total. The number of imidazole rings is 1. The van der Waals surface area contributed by atoms with Crippen LogP contribution in [0.5, 0.6) is 0 Å². The molecule has 4 rings (SSSR count). The monoisotopic (exact) mass is 315 g/mol. The van der Waals surface area contributed by atoms with Gasteiger partial charge in [-0.05, 0) is 18.7 Å². The summed E-state index contributed by atoms with van der Waals surface area (Å²) in [6, 6.07) is 9.23. The molecule has 108 valence electrons. The Morgan fingerprint density at radius 2 is 2.33 bits per heavy atom. The van der Waals surface area contributed by atoms with Crippen LogP contribution in [0.25, 0.3) is 4.96 Å². The molecule has 0 bridgehead atoms. The lowest BCUT2D eigenvalue weighted by Gasteiger charge is -2.22. The van der Waals surface area contributed by atoms with Crippen LogP contribution >= 0.6 is 23.1 Å². The number of thioether (sulfide) groups is 1. The molecule has 0 spiro atoms. The first-order chi connectivity index (χ1) is 10.3. The first kappa shape index (κ1) is 13.4. The third kappa shape index (κ3) is 2.39. The van der Waals surface area contributed by atoms with Crippen LogP contribution in [0, 0.1) is 0 Å². The van der Waals surface area contributed by atoms with E-state index in [2.05, 4.69) is 58.8 Å². The Morgan fingerprint density at radius 3 is 3.19 bits per heavy atom. The van der Waals surface area contributed by atoms with Gasteiger partial charge in [0.15, 0.2) is 4.96 Å². The first-order valence-electron chi connectivity index (χ1n) is 7.15. The minimum atomic E-state index is 0.436. The van der Waals surface area contributed by atoms with E-state index in [1.54, 1.807) is 11.3 Å². The Bertz CT molecular complexity index is 733. The Morgan fingerprint density at radius 1 is 1.43 bits per heavy atom. The van der Waals surface area contributed by atoms with Crippen LogP contribution in [-0.4, -0.2) is 28.2 Å². The van der Waals surface area contributed by atoms with Gasteiger partial charge in [0, 0.05) is 46.8 Å². The fourth-order valence-electron chi connectivity index (χ4n) is 3.07. The molecular weight excluding hydrogens is 298 g/mol. The topological polar surface area (TPSA) is 29.3 Å². The van der Waals surface area contributed by atoms with Crippen molar-refractivity contribution in [3.8, 4) is 0 Å². The van der Waals surface area contributed by atoms with Crippen LogP contribution in [0.4, 0.5) is 0 Å². The predicted molar refractivity (Wildman–Crippen MR) is 89.5 cm³/mol. The minimum Gasteiger partial charge on any atom is -0.316 e. The van der Waals surface area contributed by atoms with Crippen molar-refractivity contribution >= 4 is 28.1 Å². The summed E-state index contributed by atoms with van der Waals surface area (Å²) in [7, 11) is 2.06. The molecule has 21 heavy (non-hydrogen) atoms. The fourth-order valence-corrected chi connectivity index (χ4v) is 5.12. The Kier molecular flexibility index (Phi) is 3.49. The van der Waals surface area contributed by atoms with Crippen molar-refractivity contribution in [3.05, 3.63) is 53.3 Å². The number of aromatic nitrogens is 2. The van der Waals surface area contributed by atoms with Crippen molar-refractivity contribution in [2.45, 2.75) is 23.3 Å². The molecule has 3 heterocycles. The number of hydrogen-bond donors (Lipinski definition) is 1. The van der Waals surface area contributed by atoms with E-state index >= 15 is 0 Å². The van der Waals surface area contributed by atoms with Crippen LogP contribution in [0.3, 0.4) is 0 Å². The smallest absolute Gasteiger partial charge is 0.193 e. The van der Waals surface area contributed by atoms with Crippen molar-refractivity contribution in [1.29, 1.82) is 0 Å². The number of nitrogens with zero attached hydrogens (tertiary/aromatic N) is 2. The lowest BCUT2D eigenvalue weighted by molar-refractivity contribution is 0.485. The van der Waals surface area contributed by atoms with Gasteiger partial charge >= 0.3 is 0 Å². The molecule has 1 aliphatic heterocycles. The zero-order chi connectivity index (χ0) is 14.2. The van der Waals surface area contributed by atoms with Crippen molar-refractivity contribution in [3.63, 3.8) is 0 Å². The Hall–Kier alpha value is -1.30. The molecular formula is C16H17N3S2. The summed E-state index contributed by atoms with van der Waals surface area (Å²) in [5, 5.41) is 5.59. The highest BCUT2D eigenvalue weighted by Crippen LogP contribution is 2.41. The highest BCUT2D eigenvalue weighted by atomic mass is 32.2. The average molecular weight is 315 g/mol. The van der Waals surface area contributed by atoms with E-state index in [0.29, 0.717) is 12.0 Å². The molecule has 3 nitrogen and oxygen atoms in total. The number of nitrogens with one attached hydrogen (secondary N) is 1. The number of benzene rings is 1. The summed E-state index contributed by atoms with van der Waals surface area (Å²) in [6.07, 6.45) is 5.21. The molecule has 2 atom stereocenters. The highest BCUT2D eigenvalue weighted by molar-refractivity contribution is 7.99. The van der Waals surface area contributed by atoms with Gasteiger partial charge in [-0.2, -0.15) is 0 Å². The summed E-state index contributed by atoms with van der Waals surface area (Å²) >= 11 is 3.66. The van der Waals surface area contributed by atoms with Gasteiger partial charge in [0.2, 0.25) is 0 Å². The second-order valence-electron chi connectivity index (χ2n) is 5.38. The van der Waals surface area contributed by atoms with E-state index in [0.717, 1.165) is 17.1 Å². The van der Waals surface area contributed by atoms with Gasteiger partial charge in [0.25, 0.3) is 0 Å². The third-order valence-electron chi connectivity index (χ3n) is 4.17. The molecule has 5 heteroatoms. The van der Waals surface area contributed by atoms with Crippen molar-refractivity contribution in [2.75, 3.05) is 12.8 Å². The number of fused-ring (bicyclic) bond motifs is 2. The third-order valence-corrected chi connectivity index (χ3v) is 6.14. The number of hydrogen-bond acceptors (Lipinski definition) is 4. The standard InChI is InChI=1S/C16H17N3S2/c1-17-14(8-11-9-19-6-7-20-16(19)18-11)13-10-21-15-5-3-2-4-12(13)15/h2-7,9,13-14,17H,8,10H2,1H3. The summed E-state index contributed by atoms with van der Waals surface area (Å²) in [5.74, 6) is 1.73. The normalized spacial score (nSPS) is 19.0. The molecule has 2 aromatic heterocycles. The van der Waals surface area contributed by atoms with Gasteiger partial charge in [0.05, 0.1) is 5.69 Å². The van der Waals surface area contributed by atoms with Gasteiger partial charge in [-0.1, -0.05) is 18.2 Å². The molecule has 2 unspecified atom stereocenters. The summed E-state index contributed by atoms with van der Waals surface area (Å²) in [4.78, 5) is 7.25. The quantitative estimate of drug-likeness (QED) is 0.800. The van der Waals surface area contributed by atoms with Crippen molar-refractivity contribution in [1.82, 2.24) is 14.7 Å². The van der Waals surface area contributed by atoms with E-state index in [4.69, 9.17) is 4.98 Å². The zero-order valence-corrected chi connectivity index (χ0v) is 13.5. The van der Waals surface area contributed by atoms with Crippen LogP contribution in [-0.2, 0) is 6.42 Å².